The van der Waals surface area contributed by atoms with Crippen molar-refractivity contribution >= 4 is 28.9 Å². The first-order valence-corrected chi connectivity index (χ1v) is 16.5. The van der Waals surface area contributed by atoms with Gasteiger partial charge in [0.15, 0.2) is 17.4 Å². The van der Waals surface area contributed by atoms with E-state index < -0.39 is 17.3 Å². The Balaban J connectivity index is 1.16. The Morgan fingerprint density at radius 2 is 2.00 bits per heavy atom. The lowest BCUT2D eigenvalue weighted by molar-refractivity contribution is 0.0981. The van der Waals surface area contributed by atoms with E-state index in [0.717, 1.165) is 38.1 Å². The molecule has 2 unspecified atom stereocenters. The van der Waals surface area contributed by atoms with Crippen LogP contribution in [0.2, 0.25) is 0 Å². The molecular weight excluding hydrogens is 566 g/mol. The van der Waals surface area contributed by atoms with Crippen LogP contribution >= 0.6 is 0 Å². The number of hydrogen-bond donors (Lipinski definition) is 3. The van der Waals surface area contributed by atoms with E-state index in [1.165, 1.54) is 37.8 Å². The van der Waals surface area contributed by atoms with Crippen molar-refractivity contribution in [2.24, 2.45) is 17.3 Å². The maximum Gasteiger partial charge on any atom is 0.296 e. The molecule has 4 aliphatic rings. The lowest BCUT2D eigenvalue weighted by atomic mass is 9.69. The third-order valence-electron chi connectivity index (χ3n) is 9.89. The minimum absolute atomic E-state index is 0.0242. The molecule has 3 aromatic rings. The Bertz CT molecular complexity index is 1520. The number of ether oxygens (including phenoxy) is 1. The van der Waals surface area contributed by atoms with E-state index >= 15 is 0 Å². The first-order valence-electron chi connectivity index (χ1n) is 15.3. The van der Waals surface area contributed by atoms with Gasteiger partial charge >= 0.3 is 0 Å². The summed E-state index contributed by atoms with van der Waals surface area (Å²) in [6.07, 6.45) is 11.1. The van der Waals surface area contributed by atoms with Crippen LogP contribution in [0.15, 0.2) is 41.6 Å². The summed E-state index contributed by atoms with van der Waals surface area (Å²) in [6, 6.07) is 8.20. The maximum absolute atomic E-state index is 13.6. The Morgan fingerprint density at radius 3 is 2.79 bits per heavy atom. The van der Waals surface area contributed by atoms with Crippen LogP contribution in [0.3, 0.4) is 0 Å². The van der Waals surface area contributed by atoms with Gasteiger partial charge in [-0.15, -0.1) is 5.10 Å². The average Bonchev–Trinajstić information content (AvgIpc) is 3.59. The molecule has 5 heterocycles. The zero-order valence-corrected chi connectivity index (χ0v) is 25.5. The van der Waals surface area contributed by atoms with Gasteiger partial charge in [-0.05, 0) is 101 Å². The molecule has 1 spiro atoms. The molecule has 1 saturated heterocycles. The van der Waals surface area contributed by atoms with Gasteiger partial charge in [0.25, 0.3) is 10.9 Å². The predicted molar refractivity (Wildman–Crippen MR) is 163 cm³/mol. The molecule has 2 saturated carbocycles. The molecule has 12 heteroatoms. The molecule has 1 amide bonds. The summed E-state index contributed by atoms with van der Waals surface area (Å²) in [4.78, 5) is 25.1. The molecule has 3 aromatic heterocycles. The van der Waals surface area contributed by atoms with E-state index in [1.807, 2.05) is 12.3 Å². The van der Waals surface area contributed by atoms with Crippen LogP contribution in [-0.2, 0) is 11.4 Å². The van der Waals surface area contributed by atoms with Gasteiger partial charge in [-0.25, -0.2) is 9.67 Å². The zero-order valence-electron chi connectivity index (χ0n) is 24.7. The number of pyridine rings is 2. The average molecular weight is 606 g/mol. The van der Waals surface area contributed by atoms with Crippen LogP contribution in [0, 0.1) is 17.3 Å². The molecule has 3 atom stereocenters. The van der Waals surface area contributed by atoms with E-state index in [2.05, 4.69) is 38.9 Å². The van der Waals surface area contributed by atoms with Crippen LogP contribution in [-0.4, -0.2) is 60.6 Å². The van der Waals surface area contributed by atoms with Crippen LogP contribution < -0.4 is 19.7 Å². The van der Waals surface area contributed by atoms with Gasteiger partial charge in [-0.3, -0.25) is 4.79 Å². The minimum Gasteiger partial charge on any atom is -0.587 e. The van der Waals surface area contributed by atoms with Gasteiger partial charge < -0.3 is 24.6 Å². The first-order chi connectivity index (χ1) is 20.7. The van der Waals surface area contributed by atoms with E-state index in [9.17, 15) is 14.5 Å². The number of carbonyl (C=O) groups is 1. The normalized spacial score (nSPS) is 25.5. The molecule has 43 heavy (non-hydrogen) atoms. The van der Waals surface area contributed by atoms with Gasteiger partial charge in [0.05, 0.1) is 12.2 Å². The van der Waals surface area contributed by atoms with Crippen molar-refractivity contribution < 1.29 is 19.2 Å². The molecule has 228 valence electrons. The second-order valence-electron chi connectivity index (χ2n) is 13.2. The highest BCUT2D eigenvalue weighted by Crippen LogP contribution is 2.65. The van der Waals surface area contributed by atoms with Crippen LogP contribution in [0.4, 0.5) is 11.6 Å². The molecule has 2 aliphatic heterocycles. The third kappa shape index (κ3) is 5.50. The Labute approximate surface area is 254 Å². The Hall–Kier alpha value is -3.51. The highest BCUT2D eigenvalue weighted by molar-refractivity contribution is 7.90. The zero-order chi connectivity index (χ0) is 29.8. The molecule has 2 aliphatic carbocycles. The lowest BCUT2D eigenvalue weighted by Crippen LogP contribution is -2.41. The summed E-state index contributed by atoms with van der Waals surface area (Å²) < 4.78 is 23.4. The quantitative estimate of drug-likeness (QED) is 0.356. The monoisotopic (exact) mass is 605 g/mol. The van der Waals surface area contributed by atoms with E-state index in [1.54, 1.807) is 16.8 Å². The second kappa shape index (κ2) is 10.9. The van der Waals surface area contributed by atoms with Gasteiger partial charge in [-0.1, -0.05) is 0 Å². The van der Waals surface area contributed by atoms with E-state index in [4.69, 9.17) is 9.72 Å². The first kappa shape index (κ1) is 28.3. The topological polar surface area (TPSA) is 140 Å². The van der Waals surface area contributed by atoms with E-state index in [0.29, 0.717) is 47.6 Å². The van der Waals surface area contributed by atoms with Gasteiger partial charge in [0.2, 0.25) is 5.88 Å². The smallest absolute Gasteiger partial charge is 0.296 e. The summed E-state index contributed by atoms with van der Waals surface area (Å²) in [5.41, 5.74) is 0.719. The fraction of sp³-hybridized carbons (Fsp3) is 0.548. The number of aromatic nitrogens is 4. The van der Waals surface area contributed by atoms with Crippen molar-refractivity contribution in [3.8, 4) is 17.4 Å². The number of nitrogens with one attached hydrogen (secondary N) is 2. The van der Waals surface area contributed by atoms with Crippen molar-refractivity contribution in [3.63, 3.8) is 0 Å². The van der Waals surface area contributed by atoms with E-state index in [-0.39, 0.29) is 22.1 Å². The van der Waals surface area contributed by atoms with Crippen LogP contribution in [0.25, 0.3) is 5.82 Å². The van der Waals surface area contributed by atoms with Crippen molar-refractivity contribution in [1.82, 2.24) is 24.5 Å². The Morgan fingerprint density at radius 1 is 1.14 bits per heavy atom. The summed E-state index contributed by atoms with van der Waals surface area (Å²) in [5.74, 6) is 2.57. The molecule has 0 aromatic carbocycles. The number of carbonyl (C=O) groups excluding carboxylic acids is 1. The van der Waals surface area contributed by atoms with Crippen molar-refractivity contribution in [3.05, 3.63) is 42.1 Å². The number of anilines is 2. The molecule has 7 rings (SSSR count). The van der Waals surface area contributed by atoms with Gasteiger partial charge in [0.1, 0.15) is 17.2 Å². The maximum atomic E-state index is 13.6. The number of hydrogen-bond acceptors (Lipinski definition) is 9. The molecular formula is C31H39N7O4S. The summed E-state index contributed by atoms with van der Waals surface area (Å²) in [6.45, 7) is 6.35. The number of amides is 1. The summed E-state index contributed by atoms with van der Waals surface area (Å²) in [5, 5.41) is 18.2. The minimum atomic E-state index is -1.94. The molecule has 4 bridgehead atoms. The SMILES string of the molecule is CC1(C)C[C@@H]2CCCNc3nc(ccc3O)[S+]([O-])NC(=O)c3ccc(-n4ccc(OCCC5CCC56CC6)n4)nc3N1C2. The number of nitrogens with zero attached hydrogens (tertiary/aromatic N) is 5. The highest BCUT2D eigenvalue weighted by atomic mass is 32.2. The Kier molecular flexibility index (Phi) is 7.16. The summed E-state index contributed by atoms with van der Waals surface area (Å²) >= 11 is -1.94. The molecule has 3 N–H and O–H groups in total. The van der Waals surface area contributed by atoms with Crippen LogP contribution in [0.1, 0.15) is 75.6 Å². The van der Waals surface area contributed by atoms with Gasteiger partial charge in [-0.2, -0.15) is 9.71 Å². The second-order valence-corrected chi connectivity index (χ2v) is 14.3. The fourth-order valence-corrected chi connectivity index (χ4v) is 7.95. The summed E-state index contributed by atoms with van der Waals surface area (Å²) in [7, 11) is 0. The molecule has 11 nitrogen and oxygen atoms in total. The lowest BCUT2D eigenvalue weighted by Gasteiger charge is -2.37. The predicted octanol–water partition coefficient (Wildman–Crippen LogP) is 4.59. The fourth-order valence-electron chi connectivity index (χ4n) is 7.20. The van der Waals surface area contributed by atoms with Gasteiger partial charge in [0, 0.05) is 37.0 Å². The number of fused-ring (bicyclic) bond motifs is 6. The van der Waals surface area contributed by atoms with Crippen molar-refractivity contribution in [2.75, 3.05) is 29.9 Å². The largest absolute Gasteiger partial charge is 0.587 e. The molecule has 0 radical (unpaired) electrons. The number of rotatable bonds is 5. The van der Waals surface area contributed by atoms with Crippen molar-refractivity contribution in [1.29, 1.82) is 0 Å². The molecule has 3 fully saturated rings. The number of aromatic hydroxyl groups is 1. The van der Waals surface area contributed by atoms with Crippen molar-refractivity contribution in [2.45, 2.75) is 75.8 Å². The highest BCUT2D eigenvalue weighted by Gasteiger charge is 2.54. The third-order valence-corrected chi connectivity index (χ3v) is 10.9. The van der Waals surface area contributed by atoms with Crippen LogP contribution in [0.5, 0.6) is 11.6 Å². The standard InChI is InChI=1S/C31H39N7O4S/c1-30(2)18-20-4-3-15-32-27-23(39)6-8-26(34-27)43(41)36-29(40)22-5-7-24(33-28(22)37(30)19-20)38-16-10-25(35-38)42-17-11-21-9-12-31(21)13-14-31/h5-8,10,16,20-21,39H,3-4,9,11-15,17-19H2,1-2H3,(H,32,34)(H,36,40)/t20-,21?,43?/m0/s1.